The van der Waals surface area contributed by atoms with E-state index >= 15 is 0 Å². The van der Waals surface area contributed by atoms with Crippen LogP contribution in [0.25, 0.3) is 10.9 Å². The van der Waals surface area contributed by atoms with Crippen molar-refractivity contribution in [3.63, 3.8) is 0 Å². The summed E-state index contributed by atoms with van der Waals surface area (Å²) in [5.41, 5.74) is 3.38. The highest BCUT2D eigenvalue weighted by atomic mass is 14.7. The molecule has 0 aliphatic heterocycles. The third-order valence-electron chi connectivity index (χ3n) is 3.73. The molecule has 0 unspecified atom stereocenters. The summed E-state index contributed by atoms with van der Waals surface area (Å²) < 4.78 is 0. The average Bonchev–Trinajstić information content (AvgIpc) is 2.47. The van der Waals surface area contributed by atoms with Crippen molar-refractivity contribution in [3.8, 4) is 0 Å². The minimum Gasteiger partial charge on any atom is -0.252 e. The van der Waals surface area contributed by atoms with E-state index in [1.54, 1.807) is 0 Å². The summed E-state index contributed by atoms with van der Waals surface area (Å²) >= 11 is 0. The van der Waals surface area contributed by atoms with Crippen molar-refractivity contribution in [2.24, 2.45) is 0 Å². The monoisotopic (exact) mass is 247 g/mol. The molecule has 94 valence electrons. The lowest BCUT2D eigenvalue weighted by atomic mass is 9.81. The number of rotatable bonds is 2. The van der Waals surface area contributed by atoms with Gasteiger partial charge in [-0.05, 0) is 17.7 Å². The molecule has 0 aliphatic carbocycles. The van der Waals surface area contributed by atoms with Crippen LogP contribution in [-0.2, 0) is 5.41 Å². The molecule has 0 N–H and O–H groups in total. The van der Waals surface area contributed by atoms with Crippen molar-refractivity contribution in [2.45, 2.75) is 19.3 Å². The van der Waals surface area contributed by atoms with Gasteiger partial charge in [-0.3, -0.25) is 4.98 Å². The van der Waals surface area contributed by atoms with Crippen LogP contribution in [0.2, 0.25) is 0 Å². The number of para-hydroxylation sites is 1. The standard InChI is InChI=1S/C18H17N/c1-18(2,15-9-4-3-5-10-15)17-13-12-14-8-6-7-11-16(14)19-17/h3-13H,1-2H3. The molecule has 3 aromatic rings. The average molecular weight is 247 g/mol. The van der Waals surface area contributed by atoms with Gasteiger partial charge in [0.05, 0.1) is 11.2 Å². The summed E-state index contributed by atoms with van der Waals surface area (Å²) in [6, 6.07) is 23.1. The summed E-state index contributed by atoms with van der Waals surface area (Å²) in [6.07, 6.45) is 0. The summed E-state index contributed by atoms with van der Waals surface area (Å²) in [7, 11) is 0. The number of fused-ring (bicyclic) bond motifs is 1. The normalized spacial score (nSPS) is 11.7. The van der Waals surface area contributed by atoms with Crippen molar-refractivity contribution in [3.05, 3.63) is 78.0 Å². The summed E-state index contributed by atoms with van der Waals surface area (Å²) in [6.45, 7) is 4.44. The van der Waals surface area contributed by atoms with E-state index in [2.05, 4.69) is 62.4 Å². The van der Waals surface area contributed by atoms with Gasteiger partial charge >= 0.3 is 0 Å². The Bertz CT molecular complexity index is 699. The van der Waals surface area contributed by atoms with Crippen LogP contribution in [0.15, 0.2) is 66.7 Å². The first-order chi connectivity index (χ1) is 9.18. The Labute approximate surface area is 113 Å². The molecule has 1 aromatic heterocycles. The zero-order valence-corrected chi connectivity index (χ0v) is 11.3. The molecular formula is C18H17N. The highest BCUT2D eigenvalue weighted by Crippen LogP contribution is 2.30. The van der Waals surface area contributed by atoms with Gasteiger partial charge in [-0.15, -0.1) is 0 Å². The first-order valence-corrected chi connectivity index (χ1v) is 6.60. The number of hydrogen-bond donors (Lipinski definition) is 0. The SMILES string of the molecule is CC(C)(c1ccccc1)c1ccc2ccccc2n1. The third-order valence-corrected chi connectivity index (χ3v) is 3.73. The van der Waals surface area contributed by atoms with Gasteiger partial charge in [0.1, 0.15) is 0 Å². The zero-order valence-electron chi connectivity index (χ0n) is 11.3. The van der Waals surface area contributed by atoms with Crippen LogP contribution in [0.4, 0.5) is 0 Å². The lowest BCUT2D eigenvalue weighted by Gasteiger charge is -2.25. The third kappa shape index (κ3) is 2.12. The smallest absolute Gasteiger partial charge is 0.0705 e. The van der Waals surface area contributed by atoms with Gasteiger partial charge < -0.3 is 0 Å². The first-order valence-electron chi connectivity index (χ1n) is 6.60. The van der Waals surface area contributed by atoms with Gasteiger partial charge in [0.15, 0.2) is 0 Å². The lowest BCUT2D eigenvalue weighted by molar-refractivity contribution is 0.620. The van der Waals surface area contributed by atoms with Gasteiger partial charge in [-0.1, -0.05) is 68.4 Å². The maximum absolute atomic E-state index is 4.82. The molecule has 1 heterocycles. The second kappa shape index (κ2) is 4.51. The maximum atomic E-state index is 4.82. The molecule has 19 heavy (non-hydrogen) atoms. The van der Waals surface area contributed by atoms with Crippen LogP contribution in [0.3, 0.4) is 0 Å². The molecule has 0 fully saturated rings. The van der Waals surface area contributed by atoms with E-state index < -0.39 is 0 Å². The van der Waals surface area contributed by atoms with E-state index in [0.717, 1.165) is 11.2 Å². The minimum atomic E-state index is -0.0781. The van der Waals surface area contributed by atoms with Crippen LogP contribution < -0.4 is 0 Å². The van der Waals surface area contributed by atoms with Crippen molar-refractivity contribution in [2.75, 3.05) is 0 Å². The van der Waals surface area contributed by atoms with Gasteiger partial charge in [0.25, 0.3) is 0 Å². The minimum absolute atomic E-state index is 0.0781. The largest absolute Gasteiger partial charge is 0.252 e. The van der Waals surface area contributed by atoms with Crippen molar-refractivity contribution >= 4 is 10.9 Å². The second-order valence-electron chi connectivity index (χ2n) is 5.38. The Kier molecular flexibility index (Phi) is 2.83. The molecule has 0 atom stereocenters. The Hall–Kier alpha value is -2.15. The molecule has 0 spiro atoms. The number of nitrogens with zero attached hydrogens (tertiary/aromatic N) is 1. The first kappa shape index (κ1) is 11.9. The molecule has 0 saturated heterocycles. The predicted molar refractivity (Wildman–Crippen MR) is 80.3 cm³/mol. The van der Waals surface area contributed by atoms with E-state index in [1.165, 1.54) is 10.9 Å². The summed E-state index contributed by atoms with van der Waals surface area (Å²) in [4.78, 5) is 4.82. The maximum Gasteiger partial charge on any atom is 0.0705 e. The van der Waals surface area contributed by atoms with Crippen LogP contribution in [-0.4, -0.2) is 4.98 Å². The van der Waals surface area contributed by atoms with Crippen molar-refractivity contribution < 1.29 is 0 Å². The van der Waals surface area contributed by atoms with Gasteiger partial charge in [-0.2, -0.15) is 0 Å². The molecule has 1 heteroatoms. The Morgan fingerprint density at radius 2 is 1.42 bits per heavy atom. The van der Waals surface area contributed by atoms with Crippen molar-refractivity contribution in [1.82, 2.24) is 4.98 Å². The fourth-order valence-electron chi connectivity index (χ4n) is 2.42. The highest BCUT2D eigenvalue weighted by molar-refractivity contribution is 5.78. The molecule has 0 saturated carbocycles. The van der Waals surface area contributed by atoms with Crippen molar-refractivity contribution in [1.29, 1.82) is 0 Å². The topological polar surface area (TPSA) is 12.9 Å². The molecular weight excluding hydrogens is 230 g/mol. The number of hydrogen-bond acceptors (Lipinski definition) is 1. The molecule has 0 amide bonds. The molecule has 0 bridgehead atoms. The molecule has 2 aromatic carbocycles. The zero-order chi connectivity index (χ0) is 13.3. The Morgan fingerprint density at radius 3 is 2.21 bits per heavy atom. The molecule has 1 nitrogen and oxygen atoms in total. The lowest BCUT2D eigenvalue weighted by Crippen LogP contribution is -2.20. The fourth-order valence-corrected chi connectivity index (χ4v) is 2.42. The van der Waals surface area contributed by atoms with E-state index in [9.17, 15) is 0 Å². The van der Waals surface area contributed by atoms with Gasteiger partial charge in [-0.25, -0.2) is 0 Å². The van der Waals surface area contributed by atoms with Crippen LogP contribution in [0.1, 0.15) is 25.1 Å². The predicted octanol–water partition coefficient (Wildman–Crippen LogP) is 4.56. The number of aromatic nitrogens is 1. The molecule has 0 radical (unpaired) electrons. The summed E-state index contributed by atoms with van der Waals surface area (Å²) in [5.74, 6) is 0. The molecule has 0 aliphatic rings. The van der Waals surface area contributed by atoms with E-state index in [1.807, 2.05) is 18.2 Å². The fraction of sp³-hybridized carbons (Fsp3) is 0.167. The second-order valence-corrected chi connectivity index (χ2v) is 5.38. The molecule has 3 rings (SSSR count). The van der Waals surface area contributed by atoms with Gasteiger partial charge in [0.2, 0.25) is 0 Å². The van der Waals surface area contributed by atoms with Crippen LogP contribution >= 0.6 is 0 Å². The van der Waals surface area contributed by atoms with E-state index in [-0.39, 0.29) is 5.41 Å². The Balaban J connectivity index is 2.13. The van der Waals surface area contributed by atoms with E-state index in [0.29, 0.717) is 0 Å². The Morgan fingerprint density at radius 1 is 0.737 bits per heavy atom. The van der Waals surface area contributed by atoms with E-state index in [4.69, 9.17) is 4.98 Å². The highest BCUT2D eigenvalue weighted by Gasteiger charge is 2.24. The quantitative estimate of drug-likeness (QED) is 0.647. The summed E-state index contributed by atoms with van der Waals surface area (Å²) in [5, 5.41) is 1.19. The number of benzene rings is 2. The van der Waals surface area contributed by atoms with Crippen LogP contribution in [0, 0.1) is 0 Å². The number of pyridine rings is 1. The van der Waals surface area contributed by atoms with Gasteiger partial charge in [0, 0.05) is 10.8 Å². The van der Waals surface area contributed by atoms with Crippen LogP contribution in [0.5, 0.6) is 0 Å².